The third kappa shape index (κ3) is 4.75. The van der Waals surface area contributed by atoms with E-state index in [0.29, 0.717) is 12.5 Å². The van der Waals surface area contributed by atoms with Crippen LogP contribution in [-0.2, 0) is 9.53 Å². The molecule has 0 aromatic carbocycles. The van der Waals surface area contributed by atoms with E-state index >= 15 is 0 Å². The molecule has 2 N–H and O–H groups in total. The predicted molar refractivity (Wildman–Crippen MR) is 73.3 cm³/mol. The molecule has 110 valence electrons. The number of likely N-dealkylation sites (tertiary alicyclic amines) is 1. The quantitative estimate of drug-likeness (QED) is 0.756. The molecule has 0 saturated carbocycles. The Kier molecular flexibility index (Phi) is 5.60. The molecule has 0 aliphatic carbocycles. The number of carbonyl (C=O) groups is 1. The first-order valence-corrected chi connectivity index (χ1v) is 7.49. The predicted octanol–water partition coefficient (Wildman–Crippen LogP) is 1.08. The maximum atomic E-state index is 10.8. The molecule has 0 amide bonds. The summed E-state index contributed by atoms with van der Waals surface area (Å²) in [5, 5.41) is 12.3. The van der Waals surface area contributed by atoms with E-state index in [-0.39, 0.29) is 6.10 Å². The lowest BCUT2D eigenvalue weighted by Gasteiger charge is -2.29. The third-order valence-corrected chi connectivity index (χ3v) is 4.06. The van der Waals surface area contributed by atoms with Crippen LogP contribution >= 0.6 is 0 Å². The van der Waals surface area contributed by atoms with Gasteiger partial charge in [0.1, 0.15) is 0 Å². The van der Waals surface area contributed by atoms with Gasteiger partial charge in [0.15, 0.2) is 6.10 Å². The molecule has 3 atom stereocenters. The number of nitrogens with zero attached hydrogens (tertiary/aromatic N) is 1. The van der Waals surface area contributed by atoms with Crippen LogP contribution in [0.5, 0.6) is 0 Å². The van der Waals surface area contributed by atoms with Crippen molar-refractivity contribution in [2.75, 3.05) is 26.2 Å². The normalized spacial score (nSPS) is 30.4. The van der Waals surface area contributed by atoms with E-state index in [1.165, 1.54) is 32.4 Å². The fourth-order valence-corrected chi connectivity index (χ4v) is 2.96. The summed E-state index contributed by atoms with van der Waals surface area (Å²) in [6, 6.07) is 0.436. The topological polar surface area (TPSA) is 61.8 Å². The maximum absolute atomic E-state index is 10.8. The molecule has 2 fully saturated rings. The fourth-order valence-electron chi connectivity index (χ4n) is 2.96. The second-order valence-electron chi connectivity index (χ2n) is 5.83. The zero-order valence-electron chi connectivity index (χ0n) is 11.8. The van der Waals surface area contributed by atoms with Crippen molar-refractivity contribution in [2.45, 2.75) is 57.3 Å². The van der Waals surface area contributed by atoms with E-state index in [4.69, 9.17) is 9.84 Å². The summed E-state index contributed by atoms with van der Waals surface area (Å²) in [6.07, 6.45) is 4.96. The zero-order valence-corrected chi connectivity index (χ0v) is 11.8. The van der Waals surface area contributed by atoms with Gasteiger partial charge in [-0.1, -0.05) is 6.42 Å². The Labute approximate surface area is 115 Å². The Hall–Kier alpha value is -0.650. The van der Waals surface area contributed by atoms with Crippen molar-refractivity contribution in [3.8, 4) is 0 Å². The average molecular weight is 270 g/mol. The number of hydrogen-bond donors (Lipinski definition) is 2. The van der Waals surface area contributed by atoms with Gasteiger partial charge in [0.25, 0.3) is 0 Å². The Morgan fingerprint density at radius 3 is 2.74 bits per heavy atom. The molecule has 0 bridgehead atoms. The Morgan fingerprint density at radius 1 is 1.37 bits per heavy atom. The molecule has 2 saturated heterocycles. The number of piperidine rings is 1. The van der Waals surface area contributed by atoms with Gasteiger partial charge in [-0.3, -0.25) is 0 Å². The second-order valence-corrected chi connectivity index (χ2v) is 5.83. The van der Waals surface area contributed by atoms with Crippen LogP contribution in [0.2, 0.25) is 0 Å². The van der Waals surface area contributed by atoms with Crippen molar-refractivity contribution < 1.29 is 14.6 Å². The minimum Gasteiger partial charge on any atom is -0.479 e. The van der Waals surface area contributed by atoms with E-state index < -0.39 is 12.1 Å². The van der Waals surface area contributed by atoms with E-state index in [0.717, 1.165) is 19.5 Å². The Balaban J connectivity index is 1.61. The molecule has 3 unspecified atom stereocenters. The van der Waals surface area contributed by atoms with Crippen molar-refractivity contribution >= 4 is 5.97 Å². The molecule has 2 aliphatic rings. The first-order chi connectivity index (χ1) is 9.15. The Bertz CT molecular complexity index is 292. The molecule has 19 heavy (non-hydrogen) atoms. The van der Waals surface area contributed by atoms with Gasteiger partial charge in [0.2, 0.25) is 0 Å². The lowest BCUT2D eigenvalue weighted by Crippen LogP contribution is -2.43. The largest absolute Gasteiger partial charge is 0.479 e. The second kappa shape index (κ2) is 7.22. The SMILES string of the molecule is CC(CN1CCCCC1)NCC1CCC(C(=O)O)O1. The summed E-state index contributed by atoms with van der Waals surface area (Å²) < 4.78 is 5.49. The first kappa shape index (κ1) is 14.8. The molecule has 0 spiro atoms. The molecule has 5 heteroatoms. The van der Waals surface area contributed by atoms with Crippen LogP contribution < -0.4 is 5.32 Å². The molecule has 5 nitrogen and oxygen atoms in total. The van der Waals surface area contributed by atoms with E-state index in [1.807, 2.05) is 0 Å². The highest BCUT2D eigenvalue weighted by Crippen LogP contribution is 2.19. The first-order valence-electron chi connectivity index (χ1n) is 7.49. The third-order valence-electron chi connectivity index (χ3n) is 4.06. The summed E-state index contributed by atoms with van der Waals surface area (Å²) in [4.78, 5) is 13.3. The lowest BCUT2D eigenvalue weighted by molar-refractivity contribution is -0.149. The average Bonchev–Trinajstić information content (AvgIpc) is 2.86. The summed E-state index contributed by atoms with van der Waals surface area (Å²) in [6.45, 7) is 6.46. The van der Waals surface area contributed by atoms with Gasteiger partial charge in [0, 0.05) is 19.1 Å². The molecular weight excluding hydrogens is 244 g/mol. The number of hydrogen-bond acceptors (Lipinski definition) is 4. The molecule has 0 aromatic heterocycles. The number of aliphatic carboxylic acids is 1. The van der Waals surface area contributed by atoms with Gasteiger partial charge >= 0.3 is 5.97 Å². The number of nitrogens with one attached hydrogen (secondary N) is 1. The van der Waals surface area contributed by atoms with Crippen LogP contribution in [0.15, 0.2) is 0 Å². The number of carboxylic acids is 1. The van der Waals surface area contributed by atoms with Crippen LogP contribution in [-0.4, -0.2) is 60.4 Å². The van der Waals surface area contributed by atoms with Crippen molar-refractivity contribution in [1.29, 1.82) is 0 Å². The van der Waals surface area contributed by atoms with Gasteiger partial charge in [-0.05, 0) is 45.7 Å². The van der Waals surface area contributed by atoms with Crippen molar-refractivity contribution in [2.24, 2.45) is 0 Å². The fraction of sp³-hybridized carbons (Fsp3) is 0.929. The number of carboxylic acid groups (broad SMARTS) is 1. The van der Waals surface area contributed by atoms with Crippen LogP contribution in [0.1, 0.15) is 39.0 Å². The Morgan fingerprint density at radius 2 is 2.11 bits per heavy atom. The summed E-state index contributed by atoms with van der Waals surface area (Å²) in [5.74, 6) is -0.830. The van der Waals surface area contributed by atoms with Crippen molar-refractivity contribution in [3.05, 3.63) is 0 Å². The highest BCUT2D eigenvalue weighted by molar-refractivity contribution is 5.72. The highest BCUT2D eigenvalue weighted by Gasteiger charge is 2.30. The van der Waals surface area contributed by atoms with Crippen LogP contribution in [0.4, 0.5) is 0 Å². The zero-order chi connectivity index (χ0) is 13.7. The van der Waals surface area contributed by atoms with Crippen LogP contribution in [0.3, 0.4) is 0 Å². The summed E-state index contributed by atoms with van der Waals surface area (Å²) in [5.41, 5.74) is 0. The smallest absolute Gasteiger partial charge is 0.332 e. The van der Waals surface area contributed by atoms with Gasteiger partial charge in [0.05, 0.1) is 6.10 Å². The molecule has 2 heterocycles. The standard InChI is InChI=1S/C14H26N2O3/c1-11(10-16-7-3-2-4-8-16)15-9-12-5-6-13(19-12)14(17)18/h11-13,15H,2-10H2,1H3,(H,17,18). The molecule has 0 radical (unpaired) electrons. The van der Waals surface area contributed by atoms with Gasteiger partial charge in [-0.15, -0.1) is 0 Å². The lowest BCUT2D eigenvalue weighted by atomic mass is 10.1. The summed E-state index contributed by atoms with van der Waals surface area (Å²) in [7, 11) is 0. The van der Waals surface area contributed by atoms with Crippen LogP contribution in [0, 0.1) is 0 Å². The van der Waals surface area contributed by atoms with Crippen molar-refractivity contribution in [1.82, 2.24) is 10.2 Å². The van der Waals surface area contributed by atoms with Gasteiger partial charge < -0.3 is 20.1 Å². The number of ether oxygens (including phenoxy) is 1. The molecule has 2 rings (SSSR count). The van der Waals surface area contributed by atoms with E-state index in [1.54, 1.807) is 0 Å². The monoisotopic (exact) mass is 270 g/mol. The molecule has 0 aromatic rings. The van der Waals surface area contributed by atoms with E-state index in [9.17, 15) is 4.79 Å². The molecule has 2 aliphatic heterocycles. The van der Waals surface area contributed by atoms with Gasteiger partial charge in [-0.25, -0.2) is 4.79 Å². The minimum absolute atomic E-state index is 0.0601. The highest BCUT2D eigenvalue weighted by atomic mass is 16.5. The number of rotatable bonds is 6. The maximum Gasteiger partial charge on any atom is 0.332 e. The van der Waals surface area contributed by atoms with E-state index in [2.05, 4.69) is 17.1 Å². The minimum atomic E-state index is -0.830. The van der Waals surface area contributed by atoms with Crippen molar-refractivity contribution in [3.63, 3.8) is 0 Å². The molecular formula is C14H26N2O3. The summed E-state index contributed by atoms with van der Waals surface area (Å²) >= 11 is 0. The van der Waals surface area contributed by atoms with Crippen LogP contribution in [0.25, 0.3) is 0 Å². The van der Waals surface area contributed by atoms with Gasteiger partial charge in [-0.2, -0.15) is 0 Å².